The van der Waals surface area contributed by atoms with Gasteiger partial charge in [0.05, 0.1) is 23.4 Å². The molecule has 3 rings (SSSR count). The summed E-state index contributed by atoms with van der Waals surface area (Å²) in [6.45, 7) is 3.79. The summed E-state index contributed by atoms with van der Waals surface area (Å²) in [5.74, 6) is -0.328. The first-order valence-electron chi connectivity index (χ1n) is 8.01. The summed E-state index contributed by atoms with van der Waals surface area (Å²) in [5.41, 5.74) is 1.87. The highest BCUT2D eigenvalue weighted by molar-refractivity contribution is 5.93. The summed E-state index contributed by atoms with van der Waals surface area (Å²) >= 11 is 0. The van der Waals surface area contributed by atoms with E-state index in [4.69, 9.17) is 0 Å². The van der Waals surface area contributed by atoms with Crippen molar-refractivity contribution in [2.24, 2.45) is 0 Å². The number of hydrogen-bond acceptors (Lipinski definition) is 5. The van der Waals surface area contributed by atoms with Gasteiger partial charge in [-0.25, -0.2) is 0 Å². The van der Waals surface area contributed by atoms with E-state index in [1.165, 1.54) is 4.68 Å². The average molecular weight is 354 g/mol. The van der Waals surface area contributed by atoms with Crippen molar-refractivity contribution in [2.75, 3.05) is 5.32 Å². The molecule has 9 heteroatoms. The number of aromatic nitrogens is 4. The number of amides is 1. The van der Waals surface area contributed by atoms with Crippen molar-refractivity contribution in [3.05, 3.63) is 70.3 Å². The zero-order chi connectivity index (χ0) is 18.7. The summed E-state index contributed by atoms with van der Waals surface area (Å²) < 4.78 is 3.06. The van der Waals surface area contributed by atoms with E-state index in [9.17, 15) is 14.9 Å². The second kappa shape index (κ2) is 7.18. The molecule has 0 aliphatic heterocycles. The smallest absolute Gasteiger partial charge is 0.309 e. The lowest BCUT2D eigenvalue weighted by Crippen LogP contribution is -2.25. The molecule has 0 saturated heterocycles. The van der Waals surface area contributed by atoms with E-state index in [2.05, 4.69) is 15.5 Å². The Hall–Kier alpha value is -3.49. The van der Waals surface area contributed by atoms with Gasteiger partial charge in [-0.2, -0.15) is 10.2 Å². The molecule has 1 N–H and O–H groups in total. The van der Waals surface area contributed by atoms with Crippen LogP contribution in [0.2, 0.25) is 0 Å². The van der Waals surface area contributed by atoms with Gasteiger partial charge in [0, 0.05) is 6.20 Å². The topological polar surface area (TPSA) is 108 Å². The van der Waals surface area contributed by atoms with Crippen LogP contribution in [0, 0.1) is 17.0 Å². The minimum absolute atomic E-state index is 0.111. The molecule has 1 unspecified atom stereocenters. The molecule has 3 aromatic rings. The highest BCUT2D eigenvalue weighted by Gasteiger charge is 2.24. The molecular weight excluding hydrogens is 336 g/mol. The van der Waals surface area contributed by atoms with Gasteiger partial charge in [0.2, 0.25) is 5.91 Å². The molecule has 1 atom stereocenters. The molecule has 1 amide bonds. The molecule has 0 aliphatic rings. The largest absolute Gasteiger partial charge is 0.322 e. The number of rotatable bonds is 6. The fourth-order valence-electron chi connectivity index (χ4n) is 2.63. The Kier molecular flexibility index (Phi) is 4.78. The Morgan fingerprint density at radius 2 is 2.00 bits per heavy atom. The first kappa shape index (κ1) is 17.3. The molecule has 0 saturated carbocycles. The number of benzene rings is 1. The maximum absolute atomic E-state index is 12.4. The van der Waals surface area contributed by atoms with E-state index in [0.717, 1.165) is 11.8 Å². The van der Waals surface area contributed by atoms with Gasteiger partial charge in [0.15, 0.2) is 0 Å². The van der Waals surface area contributed by atoms with E-state index >= 15 is 0 Å². The molecule has 2 aromatic heterocycles. The van der Waals surface area contributed by atoms with Crippen LogP contribution in [0.3, 0.4) is 0 Å². The lowest BCUT2D eigenvalue weighted by molar-refractivity contribution is -0.385. The van der Waals surface area contributed by atoms with Crippen LogP contribution in [0.5, 0.6) is 0 Å². The zero-order valence-electron chi connectivity index (χ0n) is 14.4. The third kappa shape index (κ3) is 3.61. The van der Waals surface area contributed by atoms with Crippen LogP contribution in [0.25, 0.3) is 0 Å². The zero-order valence-corrected chi connectivity index (χ0v) is 14.4. The monoisotopic (exact) mass is 354 g/mol. The standard InChI is InChI=1S/C17H18N6O3/c1-12-16(23(25)26)9-19-22(12)13(2)17(24)20-15-8-18-21(11-15)10-14-6-4-3-5-7-14/h3-9,11,13H,10H2,1-2H3,(H,20,24). The van der Waals surface area contributed by atoms with Gasteiger partial charge >= 0.3 is 5.69 Å². The summed E-state index contributed by atoms with van der Waals surface area (Å²) in [7, 11) is 0. The lowest BCUT2D eigenvalue weighted by Gasteiger charge is -2.13. The van der Waals surface area contributed by atoms with Crippen molar-refractivity contribution in [1.82, 2.24) is 19.6 Å². The molecule has 0 fully saturated rings. The van der Waals surface area contributed by atoms with Gasteiger partial charge in [-0.3, -0.25) is 24.3 Å². The Morgan fingerprint density at radius 3 is 2.65 bits per heavy atom. The number of carbonyl (C=O) groups excluding carboxylic acids is 1. The minimum Gasteiger partial charge on any atom is -0.322 e. The predicted molar refractivity (Wildman–Crippen MR) is 94.7 cm³/mol. The molecule has 2 heterocycles. The van der Waals surface area contributed by atoms with Crippen molar-refractivity contribution >= 4 is 17.3 Å². The van der Waals surface area contributed by atoms with Crippen LogP contribution in [0.4, 0.5) is 11.4 Å². The number of carbonyl (C=O) groups is 1. The van der Waals surface area contributed by atoms with Crippen LogP contribution in [-0.4, -0.2) is 30.4 Å². The number of nitro groups is 1. The third-order valence-electron chi connectivity index (χ3n) is 4.05. The fraction of sp³-hybridized carbons (Fsp3) is 0.235. The van der Waals surface area contributed by atoms with Gasteiger partial charge < -0.3 is 5.32 Å². The van der Waals surface area contributed by atoms with E-state index in [-0.39, 0.29) is 11.6 Å². The van der Waals surface area contributed by atoms with Crippen molar-refractivity contribution in [3.8, 4) is 0 Å². The van der Waals surface area contributed by atoms with Crippen LogP contribution in [0.1, 0.15) is 24.2 Å². The molecule has 0 aliphatic carbocycles. The van der Waals surface area contributed by atoms with Gasteiger partial charge in [-0.1, -0.05) is 30.3 Å². The molecule has 1 aromatic carbocycles. The summed E-state index contributed by atoms with van der Waals surface area (Å²) in [6.07, 6.45) is 4.44. The Labute approximate surface area is 149 Å². The molecule has 134 valence electrons. The average Bonchev–Trinajstić information content (AvgIpc) is 3.21. The molecule has 0 bridgehead atoms. The van der Waals surface area contributed by atoms with Gasteiger partial charge in [-0.15, -0.1) is 0 Å². The van der Waals surface area contributed by atoms with Gasteiger partial charge in [-0.05, 0) is 19.4 Å². The van der Waals surface area contributed by atoms with E-state index in [0.29, 0.717) is 17.9 Å². The first-order valence-corrected chi connectivity index (χ1v) is 8.01. The highest BCUT2D eigenvalue weighted by Crippen LogP contribution is 2.21. The van der Waals surface area contributed by atoms with Crippen molar-refractivity contribution in [1.29, 1.82) is 0 Å². The molecule has 9 nitrogen and oxygen atoms in total. The van der Waals surface area contributed by atoms with Crippen molar-refractivity contribution < 1.29 is 9.72 Å². The van der Waals surface area contributed by atoms with Crippen LogP contribution in [-0.2, 0) is 11.3 Å². The van der Waals surface area contributed by atoms with Crippen molar-refractivity contribution in [2.45, 2.75) is 26.4 Å². The van der Waals surface area contributed by atoms with Gasteiger partial charge in [0.1, 0.15) is 17.9 Å². The maximum Gasteiger partial charge on any atom is 0.309 e. The Balaban J connectivity index is 1.67. The quantitative estimate of drug-likeness (QED) is 0.540. The third-order valence-corrected chi connectivity index (χ3v) is 4.05. The number of nitrogens with zero attached hydrogens (tertiary/aromatic N) is 5. The molecule has 26 heavy (non-hydrogen) atoms. The predicted octanol–water partition coefficient (Wildman–Crippen LogP) is 2.54. The Morgan fingerprint density at radius 1 is 1.27 bits per heavy atom. The number of nitrogens with one attached hydrogen (secondary N) is 1. The van der Waals surface area contributed by atoms with E-state index in [1.807, 2.05) is 30.3 Å². The van der Waals surface area contributed by atoms with Crippen LogP contribution < -0.4 is 5.32 Å². The van der Waals surface area contributed by atoms with Crippen LogP contribution >= 0.6 is 0 Å². The van der Waals surface area contributed by atoms with Crippen LogP contribution in [0.15, 0.2) is 48.9 Å². The summed E-state index contributed by atoms with van der Waals surface area (Å²) in [5, 5.41) is 21.9. The normalized spacial score (nSPS) is 11.9. The fourth-order valence-corrected chi connectivity index (χ4v) is 2.63. The first-order chi connectivity index (χ1) is 12.5. The Bertz CT molecular complexity index is 931. The van der Waals surface area contributed by atoms with E-state index in [1.54, 1.807) is 30.9 Å². The maximum atomic E-state index is 12.4. The number of anilines is 1. The summed E-state index contributed by atoms with van der Waals surface area (Å²) in [6, 6.07) is 9.15. The molecule has 0 radical (unpaired) electrons. The van der Waals surface area contributed by atoms with E-state index < -0.39 is 11.0 Å². The van der Waals surface area contributed by atoms with Gasteiger partial charge in [0.25, 0.3) is 0 Å². The highest BCUT2D eigenvalue weighted by atomic mass is 16.6. The SMILES string of the molecule is Cc1c([N+](=O)[O-])cnn1C(C)C(=O)Nc1cnn(Cc2ccccc2)c1. The molecule has 0 spiro atoms. The second-order valence-electron chi connectivity index (χ2n) is 5.89. The number of hydrogen-bond donors (Lipinski definition) is 1. The second-order valence-corrected chi connectivity index (χ2v) is 5.89. The molecular formula is C17H18N6O3. The lowest BCUT2D eigenvalue weighted by atomic mass is 10.2. The summed E-state index contributed by atoms with van der Waals surface area (Å²) in [4.78, 5) is 22.8. The van der Waals surface area contributed by atoms with Crippen molar-refractivity contribution in [3.63, 3.8) is 0 Å². The minimum atomic E-state index is -0.693.